The summed E-state index contributed by atoms with van der Waals surface area (Å²) in [4.78, 5) is 0. The lowest BCUT2D eigenvalue weighted by atomic mass is 9.42. The third-order valence-electron chi connectivity index (χ3n) is 3.66. The van der Waals surface area contributed by atoms with Crippen LogP contribution >= 0.6 is 34.2 Å². The van der Waals surface area contributed by atoms with Crippen molar-refractivity contribution in [1.29, 1.82) is 0 Å². The standard InChI is InChI=1S/C12H12ClI/c1-8-2-3-10(13)9(4-8)11-5-12(14,6-11)7-11/h2-4H,5-7H2,1H3. The number of alkyl halides is 1. The molecule has 2 heteroatoms. The fourth-order valence-corrected chi connectivity index (χ4v) is 5.50. The number of hydrogen-bond donors (Lipinski definition) is 0. The topological polar surface area (TPSA) is 0 Å². The number of rotatable bonds is 1. The van der Waals surface area contributed by atoms with E-state index >= 15 is 0 Å². The zero-order valence-corrected chi connectivity index (χ0v) is 11.0. The highest BCUT2D eigenvalue weighted by Crippen LogP contribution is 2.72. The third-order valence-corrected chi connectivity index (χ3v) is 5.13. The van der Waals surface area contributed by atoms with E-state index in [1.54, 1.807) is 0 Å². The summed E-state index contributed by atoms with van der Waals surface area (Å²) in [5, 5.41) is 0.966. The Kier molecular flexibility index (Phi) is 1.81. The van der Waals surface area contributed by atoms with Gasteiger partial charge in [0, 0.05) is 13.9 Å². The summed E-state index contributed by atoms with van der Waals surface area (Å²) in [6.45, 7) is 2.14. The number of hydrogen-bond acceptors (Lipinski definition) is 0. The summed E-state index contributed by atoms with van der Waals surface area (Å²) in [5.41, 5.74) is 3.19. The van der Waals surface area contributed by atoms with Crippen molar-refractivity contribution in [3.8, 4) is 0 Å². The maximum Gasteiger partial charge on any atom is 0.0443 e. The normalized spacial score (nSPS) is 38.8. The number of halogens is 2. The first-order valence-electron chi connectivity index (χ1n) is 4.99. The first-order chi connectivity index (χ1) is 6.53. The Labute approximate surface area is 103 Å². The Bertz CT molecular complexity index is 391. The van der Waals surface area contributed by atoms with Crippen LogP contribution in [0.3, 0.4) is 0 Å². The first-order valence-corrected chi connectivity index (χ1v) is 6.44. The van der Waals surface area contributed by atoms with Gasteiger partial charge in [0.2, 0.25) is 0 Å². The average Bonchev–Trinajstić information content (AvgIpc) is 2.02. The minimum atomic E-state index is 0.463. The molecule has 3 fully saturated rings. The van der Waals surface area contributed by atoms with Crippen LogP contribution in [-0.4, -0.2) is 3.42 Å². The molecule has 0 radical (unpaired) electrons. The second-order valence-corrected chi connectivity index (χ2v) is 7.64. The van der Waals surface area contributed by atoms with Gasteiger partial charge in [-0.25, -0.2) is 0 Å². The predicted molar refractivity (Wildman–Crippen MR) is 68.5 cm³/mol. The van der Waals surface area contributed by atoms with Gasteiger partial charge in [0.25, 0.3) is 0 Å². The van der Waals surface area contributed by atoms with Crippen molar-refractivity contribution < 1.29 is 0 Å². The molecule has 0 unspecified atom stereocenters. The lowest BCUT2D eigenvalue weighted by molar-refractivity contribution is 0.0221. The van der Waals surface area contributed by atoms with Crippen LogP contribution in [0, 0.1) is 6.92 Å². The van der Waals surface area contributed by atoms with Gasteiger partial charge < -0.3 is 0 Å². The van der Waals surface area contributed by atoms with Crippen molar-refractivity contribution in [2.45, 2.75) is 35.0 Å². The van der Waals surface area contributed by atoms with E-state index in [-0.39, 0.29) is 0 Å². The largest absolute Gasteiger partial charge is 0.0840 e. The summed E-state index contributed by atoms with van der Waals surface area (Å²) in [7, 11) is 0. The Hall–Kier alpha value is 0.240. The molecule has 2 bridgehead atoms. The molecule has 0 nitrogen and oxygen atoms in total. The smallest absolute Gasteiger partial charge is 0.0443 e. The molecule has 3 saturated carbocycles. The highest BCUT2D eigenvalue weighted by Gasteiger charge is 2.67. The molecule has 0 aromatic heterocycles. The van der Waals surface area contributed by atoms with E-state index in [1.807, 2.05) is 6.07 Å². The molecule has 0 amide bonds. The van der Waals surface area contributed by atoms with Crippen LogP contribution in [0.25, 0.3) is 0 Å². The van der Waals surface area contributed by atoms with Gasteiger partial charge in [0.1, 0.15) is 0 Å². The molecule has 1 aromatic rings. The van der Waals surface area contributed by atoms with Gasteiger partial charge in [-0.1, -0.05) is 51.9 Å². The highest BCUT2D eigenvalue weighted by molar-refractivity contribution is 14.1. The fraction of sp³-hybridized carbons (Fsp3) is 0.500. The van der Waals surface area contributed by atoms with Crippen LogP contribution in [0.4, 0.5) is 0 Å². The summed E-state index contributed by atoms with van der Waals surface area (Å²) in [6.07, 6.45) is 4.01. The summed E-state index contributed by atoms with van der Waals surface area (Å²) < 4.78 is 0.630. The molecule has 1 aromatic carbocycles. The van der Waals surface area contributed by atoms with Crippen LogP contribution < -0.4 is 0 Å². The molecule has 74 valence electrons. The van der Waals surface area contributed by atoms with Gasteiger partial charge in [0.05, 0.1) is 0 Å². The molecule has 4 rings (SSSR count). The molecule has 3 aliphatic carbocycles. The van der Waals surface area contributed by atoms with E-state index in [0.717, 1.165) is 5.02 Å². The van der Waals surface area contributed by atoms with E-state index < -0.39 is 0 Å². The zero-order chi connectivity index (χ0) is 9.97. The van der Waals surface area contributed by atoms with Crippen LogP contribution in [0.15, 0.2) is 18.2 Å². The zero-order valence-electron chi connectivity index (χ0n) is 8.11. The van der Waals surface area contributed by atoms with E-state index in [4.69, 9.17) is 11.6 Å². The van der Waals surface area contributed by atoms with E-state index in [1.165, 1.54) is 30.4 Å². The lowest BCUT2D eigenvalue weighted by Crippen LogP contribution is -2.66. The summed E-state index contributed by atoms with van der Waals surface area (Å²) in [5.74, 6) is 0. The Balaban J connectivity index is 2.01. The van der Waals surface area contributed by atoms with E-state index in [9.17, 15) is 0 Å². The molecule has 14 heavy (non-hydrogen) atoms. The van der Waals surface area contributed by atoms with Gasteiger partial charge in [-0.3, -0.25) is 0 Å². The molecule has 0 atom stereocenters. The molecule has 0 N–H and O–H groups in total. The Morgan fingerprint density at radius 3 is 2.50 bits per heavy atom. The minimum absolute atomic E-state index is 0.463. The number of benzene rings is 1. The Morgan fingerprint density at radius 1 is 1.29 bits per heavy atom. The molecular formula is C12H12ClI. The minimum Gasteiger partial charge on any atom is -0.0840 e. The second-order valence-electron chi connectivity index (χ2n) is 4.94. The van der Waals surface area contributed by atoms with Gasteiger partial charge in [-0.15, -0.1) is 0 Å². The van der Waals surface area contributed by atoms with Crippen molar-refractivity contribution in [2.24, 2.45) is 0 Å². The van der Waals surface area contributed by atoms with Gasteiger partial charge >= 0.3 is 0 Å². The SMILES string of the molecule is Cc1ccc(Cl)c(C23CC(I)(C2)C3)c1. The first kappa shape index (κ1) is 9.46. The second kappa shape index (κ2) is 2.67. The molecule has 3 aliphatic rings. The lowest BCUT2D eigenvalue weighted by Gasteiger charge is -2.68. The fourth-order valence-electron chi connectivity index (χ4n) is 3.00. The molecule has 0 heterocycles. The molecule has 0 spiro atoms. The van der Waals surface area contributed by atoms with Gasteiger partial charge in [0.15, 0.2) is 0 Å². The van der Waals surface area contributed by atoms with Gasteiger partial charge in [-0.2, -0.15) is 0 Å². The summed E-state index contributed by atoms with van der Waals surface area (Å²) in [6, 6.07) is 6.42. The molecule has 0 aliphatic heterocycles. The van der Waals surface area contributed by atoms with Crippen LogP contribution in [0.2, 0.25) is 5.02 Å². The monoisotopic (exact) mass is 318 g/mol. The number of aryl methyl sites for hydroxylation is 1. The van der Waals surface area contributed by atoms with Crippen molar-refractivity contribution in [3.05, 3.63) is 34.3 Å². The predicted octanol–water partition coefficient (Wildman–Crippen LogP) is 4.26. The molecular weight excluding hydrogens is 306 g/mol. The molecule has 0 saturated heterocycles. The van der Waals surface area contributed by atoms with Crippen molar-refractivity contribution >= 4 is 34.2 Å². The quantitative estimate of drug-likeness (QED) is 0.536. The van der Waals surface area contributed by atoms with Crippen LogP contribution in [-0.2, 0) is 5.41 Å². The van der Waals surface area contributed by atoms with Crippen molar-refractivity contribution in [1.82, 2.24) is 0 Å². The van der Waals surface area contributed by atoms with E-state index in [0.29, 0.717) is 8.84 Å². The highest BCUT2D eigenvalue weighted by atomic mass is 127. The van der Waals surface area contributed by atoms with Crippen molar-refractivity contribution in [3.63, 3.8) is 0 Å². The van der Waals surface area contributed by atoms with E-state index in [2.05, 4.69) is 41.6 Å². The van der Waals surface area contributed by atoms with Crippen LogP contribution in [0.5, 0.6) is 0 Å². The van der Waals surface area contributed by atoms with Crippen LogP contribution in [0.1, 0.15) is 30.4 Å². The average molecular weight is 319 g/mol. The Morgan fingerprint density at radius 2 is 1.93 bits per heavy atom. The van der Waals surface area contributed by atoms with Crippen molar-refractivity contribution in [2.75, 3.05) is 0 Å². The maximum absolute atomic E-state index is 6.26. The summed E-state index contributed by atoms with van der Waals surface area (Å²) >= 11 is 8.87. The maximum atomic E-state index is 6.26. The van der Waals surface area contributed by atoms with Gasteiger partial charge in [-0.05, 0) is 37.8 Å². The third kappa shape index (κ3) is 1.12.